The first-order chi connectivity index (χ1) is 7.60. The quantitative estimate of drug-likeness (QED) is 0.724. The van der Waals surface area contributed by atoms with Gasteiger partial charge in [0.25, 0.3) is 0 Å². The first kappa shape index (κ1) is 10.7. The van der Waals surface area contributed by atoms with Crippen LogP contribution in [0.5, 0.6) is 5.75 Å². The topological polar surface area (TPSA) is 31.2 Å². The SMILES string of the molecule is COc1cc(C)c2c(c1)c(C)c(C=O)n2C. The minimum atomic E-state index is 0.728. The molecule has 3 nitrogen and oxygen atoms in total. The molecule has 1 aromatic heterocycles. The molecule has 3 heteroatoms. The van der Waals surface area contributed by atoms with Crippen LogP contribution >= 0.6 is 0 Å². The Morgan fingerprint density at radius 3 is 2.56 bits per heavy atom. The molecule has 0 atom stereocenters. The number of hydrogen-bond donors (Lipinski definition) is 0. The first-order valence-corrected chi connectivity index (χ1v) is 5.19. The number of methoxy groups -OCH3 is 1. The van der Waals surface area contributed by atoms with Crippen molar-refractivity contribution < 1.29 is 9.53 Å². The molecule has 0 amide bonds. The summed E-state index contributed by atoms with van der Waals surface area (Å²) < 4.78 is 7.18. The van der Waals surface area contributed by atoms with E-state index in [-0.39, 0.29) is 0 Å². The number of carbonyl (C=O) groups excluding carboxylic acids is 1. The third-order valence-corrected chi connectivity index (χ3v) is 3.11. The number of nitrogens with zero attached hydrogens (tertiary/aromatic N) is 1. The van der Waals surface area contributed by atoms with Gasteiger partial charge in [-0.25, -0.2) is 0 Å². The number of hydrogen-bond acceptors (Lipinski definition) is 2. The van der Waals surface area contributed by atoms with Gasteiger partial charge in [0.2, 0.25) is 0 Å². The smallest absolute Gasteiger partial charge is 0.166 e. The Hall–Kier alpha value is -1.77. The van der Waals surface area contributed by atoms with Gasteiger partial charge in [0, 0.05) is 12.4 Å². The monoisotopic (exact) mass is 217 g/mol. The van der Waals surface area contributed by atoms with Gasteiger partial charge in [-0.15, -0.1) is 0 Å². The van der Waals surface area contributed by atoms with Crippen molar-refractivity contribution in [2.75, 3.05) is 7.11 Å². The second-order valence-electron chi connectivity index (χ2n) is 4.03. The maximum Gasteiger partial charge on any atom is 0.166 e. The van der Waals surface area contributed by atoms with Crippen molar-refractivity contribution in [2.45, 2.75) is 13.8 Å². The molecule has 84 valence electrons. The number of carbonyl (C=O) groups is 1. The van der Waals surface area contributed by atoms with E-state index in [4.69, 9.17) is 4.74 Å². The van der Waals surface area contributed by atoms with Gasteiger partial charge in [-0.3, -0.25) is 4.79 Å². The summed E-state index contributed by atoms with van der Waals surface area (Å²) in [6, 6.07) is 3.96. The van der Waals surface area contributed by atoms with Gasteiger partial charge in [0.1, 0.15) is 5.75 Å². The minimum Gasteiger partial charge on any atom is -0.497 e. The van der Waals surface area contributed by atoms with Crippen LogP contribution in [-0.2, 0) is 7.05 Å². The molecule has 0 aliphatic carbocycles. The Bertz CT molecular complexity index is 567. The van der Waals surface area contributed by atoms with Crippen LogP contribution in [0.4, 0.5) is 0 Å². The van der Waals surface area contributed by atoms with Crippen LogP contribution < -0.4 is 4.74 Å². The second kappa shape index (κ2) is 3.67. The molecule has 1 heterocycles. The van der Waals surface area contributed by atoms with Crippen molar-refractivity contribution in [2.24, 2.45) is 7.05 Å². The average Bonchev–Trinajstić information content (AvgIpc) is 2.51. The molecule has 16 heavy (non-hydrogen) atoms. The van der Waals surface area contributed by atoms with E-state index >= 15 is 0 Å². The van der Waals surface area contributed by atoms with Gasteiger partial charge in [0.05, 0.1) is 18.3 Å². The fraction of sp³-hybridized carbons (Fsp3) is 0.308. The van der Waals surface area contributed by atoms with Crippen molar-refractivity contribution in [3.05, 3.63) is 29.0 Å². The first-order valence-electron chi connectivity index (χ1n) is 5.19. The fourth-order valence-electron chi connectivity index (χ4n) is 2.27. The molecule has 0 N–H and O–H groups in total. The highest BCUT2D eigenvalue weighted by Crippen LogP contribution is 2.30. The van der Waals surface area contributed by atoms with E-state index in [2.05, 4.69) is 0 Å². The number of rotatable bonds is 2. The maximum atomic E-state index is 11.0. The molecule has 0 radical (unpaired) electrons. The Kier molecular flexibility index (Phi) is 2.46. The lowest BCUT2D eigenvalue weighted by Crippen LogP contribution is -1.96. The van der Waals surface area contributed by atoms with Gasteiger partial charge < -0.3 is 9.30 Å². The third kappa shape index (κ3) is 1.32. The van der Waals surface area contributed by atoms with Crippen LogP contribution in [0.3, 0.4) is 0 Å². The molecule has 0 aliphatic rings. The largest absolute Gasteiger partial charge is 0.497 e. The maximum absolute atomic E-state index is 11.0. The van der Waals surface area contributed by atoms with Crippen LogP contribution in [0.15, 0.2) is 12.1 Å². The van der Waals surface area contributed by atoms with Crippen LogP contribution in [0, 0.1) is 13.8 Å². The van der Waals surface area contributed by atoms with Gasteiger partial charge in [-0.1, -0.05) is 0 Å². The molecule has 0 unspecified atom stereocenters. The van der Waals surface area contributed by atoms with Gasteiger partial charge in [-0.05, 0) is 37.1 Å². The predicted octanol–water partition coefficient (Wildman–Crippen LogP) is 2.62. The number of fused-ring (bicyclic) bond motifs is 1. The van der Waals surface area contributed by atoms with Gasteiger partial charge in [-0.2, -0.15) is 0 Å². The summed E-state index contributed by atoms with van der Waals surface area (Å²) in [4.78, 5) is 11.0. The van der Waals surface area contributed by atoms with Crippen LogP contribution in [-0.4, -0.2) is 18.0 Å². The molecule has 2 rings (SSSR count). The Labute approximate surface area is 94.6 Å². The molecule has 0 bridgehead atoms. The number of ether oxygens (including phenoxy) is 1. The van der Waals surface area contributed by atoms with E-state index in [1.807, 2.05) is 37.6 Å². The summed E-state index contributed by atoms with van der Waals surface area (Å²) >= 11 is 0. The summed E-state index contributed by atoms with van der Waals surface area (Å²) in [7, 11) is 3.57. The van der Waals surface area contributed by atoms with Crippen molar-refractivity contribution in [3.8, 4) is 5.75 Å². The van der Waals surface area contributed by atoms with E-state index in [1.54, 1.807) is 7.11 Å². The van der Waals surface area contributed by atoms with E-state index < -0.39 is 0 Å². The lowest BCUT2D eigenvalue weighted by molar-refractivity contribution is 0.111. The number of benzene rings is 1. The van der Waals surface area contributed by atoms with Gasteiger partial charge in [0.15, 0.2) is 6.29 Å². The summed E-state index contributed by atoms with van der Waals surface area (Å²) in [5.41, 5.74) is 3.95. The number of aryl methyl sites for hydroxylation is 3. The zero-order valence-electron chi connectivity index (χ0n) is 10.00. The lowest BCUT2D eigenvalue weighted by Gasteiger charge is -2.05. The standard InChI is InChI=1S/C13H15NO2/c1-8-5-10(16-4)6-11-9(2)12(7-15)14(3)13(8)11/h5-7H,1-4H3. The number of aromatic nitrogens is 1. The zero-order chi connectivity index (χ0) is 11.9. The van der Waals surface area contributed by atoms with Crippen molar-refractivity contribution in [1.82, 2.24) is 4.57 Å². The van der Waals surface area contributed by atoms with Crippen LogP contribution in [0.2, 0.25) is 0 Å². The average molecular weight is 217 g/mol. The highest BCUT2D eigenvalue weighted by atomic mass is 16.5. The predicted molar refractivity (Wildman–Crippen MR) is 64.3 cm³/mol. The van der Waals surface area contributed by atoms with Crippen molar-refractivity contribution in [3.63, 3.8) is 0 Å². The number of aldehydes is 1. The molecule has 0 saturated carbocycles. The van der Waals surface area contributed by atoms with E-state index in [1.165, 1.54) is 0 Å². The minimum absolute atomic E-state index is 0.728. The van der Waals surface area contributed by atoms with Gasteiger partial charge >= 0.3 is 0 Å². The van der Waals surface area contributed by atoms with E-state index in [0.29, 0.717) is 0 Å². The van der Waals surface area contributed by atoms with E-state index in [9.17, 15) is 4.79 Å². The Morgan fingerprint density at radius 1 is 1.31 bits per heavy atom. The molecule has 0 spiro atoms. The normalized spacial score (nSPS) is 10.8. The molecular weight excluding hydrogens is 202 g/mol. The van der Waals surface area contributed by atoms with Crippen LogP contribution in [0.1, 0.15) is 21.6 Å². The Balaban J connectivity index is 2.93. The highest BCUT2D eigenvalue weighted by Gasteiger charge is 2.13. The zero-order valence-corrected chi connectivity index (χ0v) is 10.00. The summed E-state index contributed by atoms with van der Waals surface area (Å²) in [6.45, 7) is 3.99. The summed E-state index contributed by atoms with van der Waals surface area (Å²) in [5.74, 6) is 0.830. The van der Waals surface area contributed by atoms with Crippen molar-refractivity contribution >= 4 is 17.2 Å². The Morgan fingerprint density at radius 2 is 2.00 bits per heavy atom. The van der Waals surface area contributed by atoms with Crippen molar-refractivity contribution in [1.29, 1.82) is 0 Å². The summed E-state index contributed by atoms with van der Waals surface area (Å²) in [6.07, 6.45) is 0.904. The highest BCUT2D eigenvalue weighted by molar-refractivity contribution is 5.95. The van der Waals surface area contributed by atoms with Crippen LogP contribution in [0.25, 0.3) is 10.9 Å². The lowest BCUT2D eigenvalue weighted by atomic mass is 10.1. The molecule has 0 fully saturated rings. The van der Waals surface area contributed by atoms with E-state index in [0.717, 1.165) is 39.8 Å². The summed E-state index contributed by atoms with van der Waals surface area (Å²) in [5, 5.41) is 1.08. The molecular formula is C13H15NO2. The molecule has 2 aromatic rings. The second-order valence-corrected chi connectivity index (χ2v) is 4.03. The molecule has 1 aromatic carbocycles. The fourth-order valence-corrected chi connectivity index (χ4v) is 2.27. The third-order valence-electron chi connectivity index (χ3n) is 3.11. The molecule has 0 saturated heterocycles. The molecule has 0 aliphatic heterocycles.